The molecule has 1 aromatic rings. The van der Waals surface area contributed by atoms with Crippen molar-refractivity contribution in [2.24, 2.45) is 0 Å². The molecule has 1 aliphatic heterocycles. The van der Waals surface area contributed by atoms with E-state index in [2.05, 4.69) is 6.58 Å². The SMILES string of the molecule is C=CC(C)Oc1ccc2c(c1)C(C(=O)O)C(CC)O2. The minimum absolute atomic E-state index is 0.120. The van der Waals surface area contributed by atoms with Crippen LogP contribution < -0.4 is 9.47 Å². The van der Waals surface area contributed by atoms with E-state index in [1.807, 2.05) is 13.8 Å². The summed E-state index contributed by atoms with van der Waals surface area (Å²) in [4.78, 5) is 11.4. The first-order valence-corrected chi connectivity index (χ1v) is 6.39. The molecular weight excluding hydrogens is 244 g/mol. The summed E-state index contributed by atoms with van der Waals surface area (Å²) in [6, 6.07) is 5.31. The van der Waals surface area contributed by atoms with Crippen molar-refractivity contribution in [1.29, 1.82) is 0 Å². The van der Waals surface area contributed by atoms with Crippen molar-refractivity contribution in [2.45, 2.75) is 38.4 Å². The molecule has 4 heteroatoms. The van der Waals surface area contributed by atoms with Gasteiger partial charge < -0.3 is 14.6 Å². The van der Waals surface area contributed by atoms with Crippen LogP contribution in [0.4, 0.5) is 0 Å². The van der Waals surface area contributed by atoms with Gasteiger partial charge in [0.1, 0.15) is 29.6 Å². The lowest BCUT2D eigenvalue weighted by atomic mass is 9.94. The zero-order chi connectivity index (χ0) is 14.0. The first-order valence-electron chi connectivity index (χ1n) is 6.39. The van der Waals surface area contributed by atoms with Crippen LogP contribution in [0.5, 0.6) is 11.5 Å². The van der Waals surface area contributed by atoms with Crippen LogP contribution in [0.25, 0.3) is 0 Å². The van der Waals surface area contributed by atoms with E-state index >= 15 is 0 Å². The van der Waals surface area contributed by atoms with Gasteiger partial charge in [0.05, 0.1) is 0 Å². The summed E-state index contributed by atoms with van der Waals surface area (Å²) in [5, 5.41) is 9.34. The van der Waals surface area contributed by atoms with E-state index in [1.54, 1.807) is 24.3 Å². The molecule has 0 saturated heterocycles. The number of aliphatic carboxylic acids is 1. The molecule has 3 atom stereocenters. The second-order valence-electron chi connectivity index (χ2n) is 4.64. The van der Waals surface area contributed by atoms with Crippen molar-refractivity contribution in [3.63, 3.8) is 0 Å². The van der Waals surface area contributed by atoms with Gasteiger partial charge in [-0.15, -0.1) is 0 Å². The fraction of sp³-hybridized carbons (Fsp3) is 0.400. The van der Waals surface area contributed by atoms with Gasteiger partial charge in [-0.25, -0.2) is 0 Å². The Labute approximate surface area is 112 Å². The maximum absolute atomic E-state index is 11.4. The molecule has 4 nitrogen and oxygen atoms in total. The van der Waals surface area contributed by atoms with E-state index in [-0.39, 0.29) is 12.2 Å². The number of carboxylic acid groups (broad SMARTS) is 1. The van der Waals surface area contributed by atoms with Crippen molar-refractivity contribution in [2.75, 3.05) is 0 Å². The molecule has 0 aliphatic carbocycles. The molecule has 102 valence electrons. The summed E-state index contributed by atoms with van der Waals surface area (Å²) in [6.07, 6.45) is 1.92. The third-order valence-corrected chi connectivity index (χ3v) is 3.29. The van der Waals surface area contributed by atoms with Crippen LogP contribution in [0.2, 0.25) is 0 Å². The van der Waals surface area contributed by atoms with Crippen molar-refractivity contribution in [1.82, 2.24) is 0 Å². The van der Waals surface area contributed by atoms with E-state index in [0.717, 1.165) is 0 Å². The minimum atomic E-state index is -0.862. The standard InChI is InChI=1S/C15H18O4/c1-4-9(3)18-10-6-7-13-11(8-10)14(15(16)17)12(5-2)19-13/h4,6-9,12,14H,1,5H2,2-3H3,(H,16,17). The Morgan fingerprint density at radius 2 is 2.37 bits per heavy atom. The van der Waals surface area contributed by atoms with Gasteiger partial charge in [-0.1, -0.05) is 19.6 Å². The molecule has 1 heterocycles. The predicted octanol–water partition coefficient (Wildman–Crippen LogP) is 2.98. The molecular formula is C15H18O4. The smallest absolute Gasteiger partial charge is 0.314 e. The second-order valence-corrected chi connectivity index (χ2v) is 4.64. The summed E-state index contributed by atoms with van der Waals surface area (Å²) in [5.41, 5.74) is 0.688. The number of carboxylic acids is 1. The van der Waals surface area contributed by atoms with Gasteiger partial charge in [0.25, 0.3) is 0 Å². The van der Waals surface area contributed by atoms with E-state index in [9.17, 15) is 9.90 Å². The number of carbonyl (C=O) groups is 1. The van der Waals surface area contributed by atoms with Crippen LogP contribution >= 0.6 is 0 Å². The average Bonchev–Trinajstić information content (AvgIpc) is 2.76. The molecule has 1 aliphatic rings. The topological polar surface area (TPSA) is 55.8 Å². The van der Waals surface area contributed by atoms with Gasteiger partial charge in [-0.2, -0.15) is 0 Å². The molecule has 1 N–H and O–H groups in total. The average molecular weight is 262 g/mol. The molecule has 1 aromatic carbocycles. The number of hydrogen-bond donors (Lipinski definition) is 1. The molecule has 0 bridgehead atoms. The summed E-state index contributed by atoms with van der Waals surface area (Å²) < 4.78 is 11.3. The lowest BCUT2D eigenvalue weighted by molar-refractivity contribution is -0.140. The number of hydrogen-bond acceptors (Lipinski definition) is 3. The van der Waals surface area contributed by atoms with Gasteiger partial charge >= 0.3 is 5.97 Å². The quantitative estimate of drug-likeness (QED) is 0.829. The van der Waals surface area contributed by atoms with Gasteiger partial charge in [-0.05, 0) is 31.5 Å². The second kappa shape index (κ2) is 5.34. The van der Waals surface area contributed by atoms with Crippen LogP contribution in [0.3, 0.4) is 0 Å². The maximum Gasteiger partial charge on any atom is 0.314 e. The monoisotopic (exact) mass is 262 g/mol. The van der Waals surface area contributed by atoms with Crippen LogP contribution in [0.1, 0.15) is 31.7 Å². The zero-order valence-electron chi connectivity index (χ0n) is 11.1. The van der Waals surface area contributed by atoms with Crippen molar-refractivity contribution >= 4 is 5.97 Å². The molecule has 0 spiro atoms. The molecule has 0 saturated carbocycles. The van der Waals surface area contributed by atoms with Crippen LogP contribution in [0, 0.1) is 0 Å². The molecule has 0 amide bonds. The fourth-order valence-electron chi connectivity index (χ4n) is 2.26. The third-order valence-electron chi connectivity index (χ3n) is 3.29. The largest absolute Gasteiger partial charge is 0.489 e. The predicted molar refractivity (Wildman–Crippen MR) is 71.8 cm³/mol. The molecule has 0 aromatic heterocycles. The van der Waals surface area contributed by atoms with Crippen molar-refractivity contribution in [3.05, 3.63) is 36.4 Å². The highest BCUT2D eigenvalue weighted by Crippen LogP contribution is 2.41. The Kier molecular flexibility index (Phi) is 3.79. The van der Waals surface area contributed by atoms with Crippen LogP contribution in [-0.2, 0) is 4.79 Å². The maximum atomic E-state index is 11.4. The molecule has 2 rings (SSSR count). The van der Waals surface area contributed by atoms with Crippen LogP contribution in [0.15, 0.2) is 30.9 Å². The van der Waals surface area contributed by atoms with E-state index in [0.29, 0.717) is 23.5 Å². The molecule has 3 unspecified atom stereocenters. The van der Waals surface area contributed by atoms with Crippen molar-refractivity contribution in [3.8, 4) is 11.5 Å². The minimum Gasteiger partial charge on any atom is -0.489 e. The zero-order valence-corrected chi connectivity index (χ0v) is 11.1. The normalized spacial score (nSPS) is 22.2. The van der Waals surface area contributed by atoms with Gasteiger partial charge in [0.2, 0.25) is 0 Å². The van der Waals surface area contributed by atoms with Crippen molar-refractivity contribution < 1.29 is 19.4 Å². The lowest BCUT2D eigenvalue weighted by Crippen LogP contribution is -2.24. The summed E-state index contributed by atoms with van der Waals surface area (Å²) in [7, 11) is 0. The Balaban J connectivity index is 2.32. The summed E-state index contributed by atoms with van der Waals surface area (Å²) >= 11 is 0. The van der Waals surface area contributed by atoms with Gasteiger partial charge in [0.15, 0.2) is 0 Å². The fourth-order valence-corrected chi connectivity index (χ4v) is 2.26. The molecule has 19 heavy (non-hydrogen) atoms. The first kappa shape index (κ1) is 13.5. The van der Waals surface area contributed by atoms with E-state index in [1.165, 1.54) is 0 Å². The summed E-state index contributed by atoms with van der Waals surface area (Å²) in [6.45, 7) is 7.45. The highest BCUT2D eigenvalue weighted by molar-refractivity contribution is 5.79. The first-order chi connectivity index (χ1) is 9.06. The van der Waals surface area contributed by atoms with E-state index in [4.69, 9.17) is 9.47 Å². The third kappa shape index (κ3) is 2.57. The highest BCUT2D eigenvalue weighted by atomic mass is 16.5. The molecule has 0 radical (unpaired) electrons. The van der Waals surface area contributed by atoms with Crippen LogP contribution in [-0.4, -0.2) is 23.3 Å². The van der Waals surface area contributed by atoms with Gasteiger partial charge in [-0.3, -0.25) is 4.79 Å². The number of fused-ring (bicyclic) bond motifs is 1. The summed E-state index contributed by atoms with van der Waals surface area (Å²) in [5.74, 6) is -0.210. The van der Waals surface area contributed by atoms with Gasteiger partial charge in [0, 0.05) is 5.56 Å². The number of benzene rings is 1. The highest BCUT2D eigenvalue weighted by Gasteiger charge is 2.38. The Morgan fingerprint density at radius 1 is 1.63 bits per heavy atom. The Hall–Kier alpha value is -1.97. The Bertz CT molecular complexity index is 495. The Morgan fingerprint density at radius 3 is 2.95 bits per heavy atom. The number of rotatable bonds is 5. The van der Waals surface area contributed by atoms with E-state index < -0.39 is 11.9 Å². The molecule has 0 fully saturated rings. The lowest BCUT2D eigenvalue weighted by Gasteiger charge is -2.13. The number of ether oxygens (including phenoxy) is 2.